The minimum atomic E-state index is 0.345. The van der Waals surface area contributed by atoms with E-state index >= 15 is 0 Å². The van der Waals surface area contributed by atoms with Gasteiger partial charge in [-0.2, -0.15) is 0 Å². The van der Waals surface area contributed by atoms with E-state index in [1.165, 1.54) is 0 Å². The summed E-state index contributed by atoms with van der Waals surface area (Å²) in [7, 11) is 0. The first kappa shape index (κ1) is 13.8. The van der Waals surface area contributed by atoms with Crippen LogP contribution in [0.25, 0.3) is 0 Å². The number of anilines is 1. The lowest BCUT2D eigenvalue weighted by molar-refractivity contribution is -0.0667. The molecule has 4 heteroatoms. The van der Waals surface area contributed by atoms with Gasteiger partial charge in [0.25, 0.3) is 0 Å². The Bertz CT molecular complexity index is 376. The third-order valence-corrected chi connectivity index (χ3v) is 3.80. The molecular weight excluding hydrogens is 292 g/mol. The summed E-state index contributed by atoms with van der Waals surface area (Å²) in [6.45, 7) is 8.36. The summed E-state index contributed by atoms with van der Waals surface area (Å²) in [5, 5.41) is 3.46. The molecule has 0 aromatic heterocycles. The van der Waals surface area contributed by atoms with Crippen LogP contribution >= 0.6 is 15.9 Å². The number of rotatable bonds is 4. The van der Waals surface area contributed by atoms with Gasteiger partial charge in [-0.1, -0.05) is 12.1 Å². The lowest BCUT2D eigenvalue weighted by Gasteiger charge is -2.35. The number of ether oxygens (including phenoxy) is 1. The largest absolute Gasteiger partial charge is 0.383 e. The molecule has 1 aromatic carbocycles. The predicted octanol–water partition coefficient (Wildman–Crippen LogP) is 2.97. The lowest BCUT2D eigenvalue weighted by atomic mass is 10.2. The first-order chi connectivity index (χ1) is 8.65. The van der Waals surface area contributed by atoms with Crippen molar-refractivity contribution in [3.05, 3.63) is 28.7 Å². The van der Waals surface area contributed by atoms with E-state index in [4.69, 9.17) is 4.74 Å². The molecule has 1 fully saturated rings. The fraction of sp³-hybridized carbons (Fsp3) is 0.571. The Balaban J connectivity index is 1.77. The van der Waals surface area contributed by atoms with E-state index in [1.807, 2.05) is 12.1 Å². The van der Waals surface area contributed by atoms with Crippen LogP contribution in [0.3, 0.4) is 0 Å². The van der Waals surface area contributed by atoms with Gasteiger partial charge in [0.05, 0.1) is 12.2 Å². The van der Waals surface area contributed by atoms with E-state index < -0.39 is 0 Å². The van der Waals surface area contributed by atoms with Gasteiger partial charge in [-0.05, 0) is 41.9 Å². The SMILES string of the molecule is CC1CN(CCNc2ccccc2Br)CC(C)O1. The van der Waals surface area contributed by atoms with Crippen LogP contribution in [0, 0.1) is 0 Å². The number of nitrogens with zero attached hydrogens (tertiary/aromatic N) is 1. The molecule has 2 unspecified atom stereocenters. The van der Waals surface area contributed by atoms with Crippen molar-refractivity contribution >= 4 is 21.6 Å². The average Bonchev–Trinajstić information content (AvgIpc) is 2.30. The maximum absolute atomic E-state index is 5.73. The Morgan fingerprint density at radius 1 is 1.28 bits per heavy atom. The molecule has 0 aliphatic carbocycles. The van der Waals surface area contributed by atoms with Crippen molar-refractivity contribution in [2.24, 2.45) is 0 Å². The quantitative estimate of drug-likeness (QED) is 0.925. The zero-order valence-electron chi connectivity index (χ0n) is 11.0. The van der Waals surface area contributed by atoms with Crippen molar-refractivity contribution in [2.75, 3.05) is 31.5 Å². The highest BCUT2D eigenvalue weighted by Gasteiger charge is 2.21. The second-order valence-electron chi connectivity index (χ2n) is 4.92. The Morgan fingerprint density at radius 2 is 1.94 bits per heavy atom. The number of nitrogens with one attached hydrogen (secondary N) is 1. The molecule has 0 saturated carbocycles. The molecule has 0 bridgehead atoms. The summed E-state index contributed by atoms with van der Waals surface area (Å²) in [4.78, 5) is 2.46. The van der Waals surface area contributed by atoms with E-state index in [1.54, 1.807) is 0 Å². The van der Waals surface area contributed by atoms with Gasteiger partial charge in [0.1, 0.15) is 0 Å². The van der Waals surface area contributed by atoms with Crippen molar-refractivity contribution < 1.29 is 4.74 Å². The molecule has 1 heterocycles. The molecule has 0 spiro atoms. The number of para-hydroxylation sites is 1. The van der Waals surface area contributed by atoms with Crippen molar-refractivity contribution in [3.63, 3.8) is 0 Å². The van der Waals surface area contributed by atoms with E-state index in [0.717, 1.165) is 36.3 Å². The highest BCUT2D eigenvalue weighted by atomic mass is 79.9. The van der Waals surface area contributed by atoms with Crippen LogP contribution in [0.4, 0.5) is 5.69 Å². The molecule has 2 atom stereocenters. The van der Waals surface area contributed by atoms with Crippen LogP contribution in [0.5, 0.6) is 0 Å². The smallest absolute Gasteiger partial charge is 0.0678 e. The van der Waals surface area contributed by atoms with E-state index in [2.05, 4.69) is 52.1 Å². The number of hydrogen-bond acceptors (Lipinski definition) is 3. The zero-order valence-corrected chi connectivity index (χ0v) is 12.6. The fourth-order valence-electron chi connectivity index (χ4n) is 2.42. The number of morpholine rings is 1. The minimum absolute atomic E-state index is 0.345. The Morgan fingerprint density at radius 3 is 2.61 bits per heavy atom. The van der Waals surface area contributed by atoms with Crippen molar-refractivity contribution in [1.82, 2.24) is 4.90 Å². The molecule has 1 N–H and O–H groups in total. The van der Waals surface area contributed by atoms with E-state index in [-0.39, 0.29) is 0 Å². The highest BCUT2D eigenvalue weighted by Crippen LogP contribution is 2.20. The van der Waals surface area contributed by atoms with Gasteiger partial charge < -0.3 is 10.1 Å². The molecule has 1 aliphatic heterocycles. The summed E-state index contributed by atoms with van der Waals surface area (Å²) < 4.78 is 6.85. The normalized spacial score (nSPS) is 25.1. The van der Waals surface area contributed by atoms with Crippen LogP contribution in [-0.2, 0) is 4.74 Å². The number of halogens is 1. The maximum Gasteiger partial charge on any atom is 0.0678 e. The van der Waals surface area contributed by atoms with Crippen molar-refractivity contribution in [2.45, 2.75) is 26.1 Å². The van der Waals surface area contributed by atoms with Crippen LogP contribution in [0.2, 0.25) is 0 Å². The van der Waals surface area contributed by atoms with Gasteiger partial charge in [0.2, 0.25) is 0 Å². The maximum atomic E-state index is 5.73. The molecule has 100 valence electrons. The third-order valence-electron chi connectivity index (χ3n) is 3.11. The topological polar surface area (TPSA) is 24.5 Å². The third kappa shape index (κ3) is 3.97. The molecular formula is C14H21BrN2O. The second kappa shape index (κ2) is 6.55. The van der Waals surface area contributed by atoms with Crippen LogP contribution in [0.15, 0.2) is 28.7 Å². The molecule has 1 aromatic rings. The molecule has 2 rings (SSSR count). The van der Waals surface area contributed by atoms with Gasteiger partial charge in [0.15, 0.2) is 0 Å². The standard InChI is InChI=1S/C14H21BrN2O/c1-11-9-17(10-12(2)18-11)8-7-16-14-6-4-3-5-13(14)15/h3-6,11-12,16H,7-10H2,1-2H3. The number of hydrogen-bond donors (Lipinski definition) is 1. The van der Waals surface area contributed by atoms with Gasteiger partial charge >= 0.3 is 0 Å². The Hall–Kier alpha value is -0.580. The van der Waals surface area contributed by atoms with Crippen molar-refractivity contribution in [1.29, 1.82) is 0 Å². The lowest BCUT2D eigenvalue weighted by Crippen LogP contribution is -2.46. The van der Waals surface area contributed by atoms with E-state index in [0.29, 0.717) is 12.2 Å². The summed E-state index contributed by atoms with van der Waals surface area (Å²) in [6, 6.07) is 8.22. The average molecular weight is 313 g/mol. The van der Waals surface area contributed by atoms with Crippen molar-refractivity contribution in [3.8, 4) is 0 Å². The first-order valence-electron chi connectivity index (χ1n) is 6.51. The zero-order chi connectivity index (χ0) is 13.0. The molecule has 0 amide bonds. The van der Waals surface area contributed by atoms with Gasteiger partial charge in [-0.3, -0.25) is 4.90 Å². The monoisotopic (exact) mass is 312 g/mol. The second-order valence-corrected chi connectivity index (χ2v) is 5.78. The van der Waals surface area contributed by atoms with Gasteiger partial charge in [-0.15, -0.1) is 0 Å². The fourth-order valence-corrected chi connectivity index (χ4v) is 2.85. The van der Waals surface area contributed by atoms with Crippen LogP contribution in [-0.4, -0.2) is 43.3 Å². The molecule has 0 radical (unpaired) electrons. The van der Waals surface area contributed by atoms with Gasteiger partial charge in [-0.25, -0.2) is 0 Å². The number of benzene rings is 1. The summed E-state index contributed by atoms with van der Waals surface area (Å²) in [5.74, 6) is 0. The molecule has 1 saturated heterocycles. The van der Waals surface area contributed by atoms with Gasteiger partial charge in [0, 0.05) is 36.3 Å². The summed E-state index contributed by atoms with van der Waals surface area (Å²) >= 11 is 3.55. The van der Waals surface area contributed by atoms with Crippen LogP contribution in [0.1, 0.15) is 13.8 Å². The Labute approximate surface area is 118 Å². The van der Waals surface area contributed by atoms with Crippen LogP contribution < -0.4 is 5.32 Å². The molecule has 1 aliphatic rings. The molecule has 18 heavy (non-hydrogen) atoms. The predicted molar refractivity (Wildman–Crippen MR) is 79.1 cm³/mol. The Kier molecular flexibility index (Phi) is 5.03. The minimum Gasteiger partial charge on any atom is -0.383 e. The molecule has 3 nitrogen and oxygen atoms in total. The highest BCUT2D eigenvalue weighted by molar-refractivity contribution is 9.10. The summed E-state index contributed by atoms with van der Waals surface area (Å²) in [6.07, 6.45) is 0.689. The summed E-state index contributed by atoms with van der Waals surface area (Å²) in [5.41, 5.74) is 1.16. The first-order valence-corrected chi connectivity index (χ1v) is 7.30. The van der Waals surface area contributed by atoms with E-state index in [9.17, 15) is 0 Å².